The molecule has 0 bridgehead atoms. The smallest absolute Gasteiger partial charge is 0.253 e. The van der Waals surface area contributed by atoms with Gasteiger partial charge in [-0.2, -0.15) is 0 Å². The highest BCUT2D eigenvalue weighted by Crippen LogP contribution is 2.19. The quantitative estimate of drug-likeness (QED) is 0.790. The lowest BCUT2D eigenvalue weighted by Gasteiger charge is -2.20. The standard InChI is InChI=1S/C11H13F4N/c1-6(16-7(2)11(14)15)9-5-8(12)3-4-10(9)13/h3-7,11,16H,1-2H3. The summed E-state index contributed by atoms with van der Waals surface area (Å²) in [5.74, 6) is -1.20. The van der Waals surface area contributed by atoms with Gasteiger partial charge in [0.15, 0.2) is 0 Å². The van der Waals surface area contributed by atoms with Crippen LogP contribution in [0.4, 0.5) is 17.6 Å². The molecule has 0 saturated heterocycles. The van der Waals surface area contributed by atoms with Crippen molar-refractivity contribution in [3.63, 3.8) is 0 Å². The molecule has 0 spiro atoms. The van der Waals surface area contributed by atoms with Crippen molar-refractivity contribution in [2.75, 3.05) is 0 Å². The molecular weight excluding hydrogens is 222 g/mol. The van der Waals surface area contributed by atoms with Gasteiger partial charge in [-0.05, 0) is 32.0 Å². The number of benzene rings is 1. The average Bonchev–Trinajstić information content (AvgIpc) is 2.21. The van der Waals surface area contributed by atoms with Gasteiger partial charge < -0.3 is 5.32 Å². The van der Waals surface area contributed by atoms with Gasteiger partial charge in [-0.15, -0.1) is 0 Å². The lowest BCUT2D eigenvalue weighted by Crippen LogP contribution is -2.35. The summed E-state index contributed by atoms with van der Waals surface area (Å²) in [4.78, 5) is 0. The second kappa shape index (κ2) is 5.30. The molecule has 16 heavy (non-hydrogen) atoms. The monoisotopic (exact) mass is 235 g/mol. The molecule has 0 aliphatic heterocycles. The number of hydrogen-bond donors (Lipinski definition) is 1. The van der Waals surface area contributed by atoms with E-state index in [0.29, 0.717) is 0 Å². The van der Waals surface area contributed by atoms with Crippen LogP contribution in [0.1, 0.15) is 25.5 Å². The number of nitrogens with one attached hydrogen (secondary N) is 1. The summed E-state index contributed by atoms with van der Waals surface area (Å²) < 4.78 is 50.6. The Labute approximate surface area is 91.5 Å². The molecule has 1 N–H and O–H groups in total. The summed E-state index contributed by atoms with van der Waals surface area (Å²) in [7, 11) is 0. The predicted octanol–water partition coefficient (Wildman–Crippen LogP) is 3.27. The summed E-state index contributed by atoms with van der Waals surface area (Å²) in [5.41, 5.74) is 0.0486. The van der Waals surface area contributed by atoms with Gasteiger partial charge in [-0.3, -0.25) is 0 Å². The molecule has 5 heteroatoms. The average molecular weight is 235 g/mol. The zero-order chi connectivity index (χ0) is 12.3. The maximum Gasteiger partial charge on any atom is 0.253 e. The van der Waals surface area contributed by atoms with E-state index in [2.05, 4.69) is 5.32 Å². The number of rotatable bonds is 4. The van der Waals surface area contributed by atoms with Crippen molar-refractivity contribution in [2.45, 2.75) is 32.4 Å². The van der Waals surface area contributed by atoms with E-state index in [1.165, 1.54) is 13.8 Å². The molecule has 0 aliphatic carbocycles. The fourth-order valence-electron chi connectivity index (χ4n) is 1.40. The fourth-order valence-corrected chi connectivity index (χ4v) is 1.40. The van der Waals surface area contributed by atoms with Gasteiger partial charge in [-0.25, -0.2) is 17.6 Å². The molecule has 1 aromatic carbocycles. The molecule has 0 saturated carbocycles. The summed E-state index contributed by atoms with van der Waals surface area (Å²) >= 11 is 0. The van der Waals surface area contributed by atoms with Gasteiger partial charge in [0.05, 0.1) is 6.04 Å². The largest absolute Gasteiger partial charge is 0.302 e. The molecule has 0 heterocycles. The van der Waals surface area contributed by atoms with Crippen molar-refractivity contribution in [1.82, 2.24) is 5.32 Å². The highest BCUT2D eigenvalue weighted by atomic mass is 19.3. The molecule has 0 fully saturated rings. The van der Waals surface area contributed by atoms with Crippen LogP contribution in [0.3, 0.4) is 0 Å². The Kier molecular flexibility index (Phi) is 4.29. The molecule has 0 amide bonds. The first-order chi connectivity index (χ1) is 7.41. The van der Waals surface area contributed by atoms with Gasteiger partial charge in [0.2, 0.25) is 0 Å². The lowest BCUT2D eigenvalue weighted by atomic mass is 10.1. The van der Waals surface area contributed by atoms with E-state index < -0.39 is 30.1 Å². The minimum Gasteiger partial charge on any atom is -0.302 e. The third-order valence-electron chi connectivity index (χ3n) is 2.32. The normalized spacial score (nSPS) is 15.2. The van der Waals surface area contributed by atoms with Crippen LogP contribution in [0.15, 0.2) is 18.2 Å². The summed E-state index contributed by atoms with van der Waals surface area (Å²) in [6.45, 7) is 2.80. The van der Waals surface area contributed by atoms with Crippen LogP contribution in [-0.2, 0) is 0 Å². The van der Waals surface area contributed by atoms with E-state index in [9.17, 15) is 17.6 Å². The number of hydrogen-bond acceptors (Lipinski definition) is 1. The molecular formula is C11H13F4N. The Morgan fingerprint density at radius 2 is 1.75 bits per heavy atom. The van der Waals surface area contributed by atoms with E-state index in [-0.39, 0.29) is 5.56 Å². The maximum atomic E-state index is 13.3. The van der Waals surface area contributed by atoms with Gasteiger partial charge in [-0.1, -0.05) is 0 Å². The van der Waals surface area contributed by atoms with Crippen molar-refractivity contribution in [2.24, 2.45) is 0 Å². The Bertz CT molecular complexity index is 354. The summed E-state index contributed by atoms with van der Waals surface area (Å²) in [5, 5.41) is 2.51. The van der Waals surface area contributed by atoms with E-state index >= 15 is 0 Å². The lowest BCUT2D eigenvalue weighted by molar-refractivity contribution is 0.101. The van der Waals surface area contributed by atoms with Crippen molar-refractivity contribution >= 4 is 0 Å². The zero-order valence-electron chi connectivity index (χ0n) is 8.98. The molecule has 1 aromatic rings. The third kappa shape index (κ3) is 3.20. The van der Waals surface area contributed by atoms with E-state index in [1.807, 2.05) is 0 Å². The molecule has 2 unspecified atom stereocenters. The molecule has 90 valence electrons. The first-order valence-corrected chi connectivity index (χ1v) is 4.91. The van der Waals surface area contributed by atoms with Crippen LogP contribution in [0.2, 0.25) is 0 Å². The van der Waals surface area contributed by atoms with E-state index in [1.54, 1.807) is 0 Å². The molecule has 0 aliphatic rings. The van der Waals surface area contributed by atoms with Crippen molar-refractivity contribution in [3.05, 3.63) is 35.4 Å². The maximum absolute atomic E-state index is 13.3. The summed E-state index contributed by atoms with van der Waals surface area (Å²) in [6, 6.07) is 1.24. The van der Waals surface area contributed by atoms with Crippen LogP contribution < -0.4 is 5.32 Å². The molecule has 0 aromatic heterocycles. The first kappa shape index (κ1) is 13.0. The van der Waals surface area contributed by atoms with Crippen LogP contribution in [-0.4, -0.2) is 12.5 Å². The number of alkyl halides is 2. The van der Waals surface area contributed by atoms with Crippen LogP contribution in [0, 0.1) is 11.6 Å². The number of halogens is 4. The second-order valence-electron chi connectivity index (χ2n) is 3.68. The zero-order valence-corrected chi connectivity index (χ0v) is 8.98. The van der Waals surface area contributed by atoms with E-state index in [4.69, 9.17) is 0 Å². The Hall–Kier alpha value is -1.10. The van der Waals surface area contributed by atoms with Gasteiger partial charge >= 0.3 is 0 Å². The van der Waals surface area contributed by atoms with Crippen LogP contribution in [0.5, 0.6) is 0 Å². The minimum atomic E-state index is -2.54. The minimum absolute atomic E-state index is 0.0486. The Balaban J connectivity index is 2.80. The van der Waals surface area contributed by atoms with Crippen molar-refractivity contribution in [3.8, 4) is 0 Å². The van der Waals surface area contributed by atoms with Crippen LogP contribution >= 0.6 is 0 Å². The van der Waals surface area contributed by atoms with Crippen molar-refractivity contribution in [1.29, 1.82) is 0 Å². The highest BCUT2D eigenvalue weighted by Gasteiger charge is 2.19. The predicted molar refractivity (Wildman–Crippen MR) is 53.4 cm³/mol. The summed E-state index contributed by atoms with van der Waals surface area (Å²) in [6.07, 6.45) is -2.54. The topological polar surface area (TPSA) is 12.0 Å². The Morgan fingerprint density at radius 3 is 2.31 bits per heavy atom. The molecule has 2 atom stereocenters. The third-order valence-corrected chi connectivity index (χ3v) is 2.32. The second-order valence-corrected chi connectivity index (χ2v) is 3.68. The SMILES string of the molecule is CC(NC(C)C(F)F)c1cc(F)ccc1F. The first-order valence-electron chi connectivity index (χ1n) is 4.91. The molecule has 1 rings (SSSR count). The van der Waals surface area contributed by atoms with Gasteiger partial charge in [0.25, 0.3) is 6.43 Å². The highest BCUT2D eigenvalue weighted by molar-refractivity contribution is 5.21. The molecule has 1 nitrogen and oxygen atoms in total. The van der Waals surface area contributed by atoms with Crippen molar-refractivity contribution < 1.29 is 17.6 Å². The van der Waals surface area contributed by atoms with E-state index in [0.717, 1.165) is 18.2 Å². The van der Waals surface area contributed by atoms with Gasteiger partial charge in [0.1, 0.15) is 11.6 Å². The Morgan fingerprint density at radius 1 is 1.12 bits per heavy atom. The molecule has 0 radical (unpaired) electrons. The van der Waals surface area contributed by atoms with Gasteiger partial charge in [0, 0.05) is 11.6 Å². The fraction of sp³-hybridized carbons (Fsp3) is 0.455. The van der Waals surface area contributed by atoms with Crippen LogP contribution in [0.25, 0.3) is 0 Å².